The first-order valence-electron chi connectivity index (χ1n) is 14.9. The third kappa shape index (κ3) is 5.88. The fourth-order valence-corrected chi connectivity index (χ4v) is 6.22. The van der Waals surface area contributed by atoms with E-state index < -0.39 is 0 Å². The number of benzene rings is 2. The molecule has 40 heavy (non-hydrogen) atoms. The lowest BCUT2D eigenvalue weighted by Gasteiger charge is -2.39. The van der Waals surface area contributed by atoms with Gasteiger partial charge in [0.15, 0.2) is 0 Å². The van der Waals surface area contributed by atoms with Crippen LogP contribution in [0.2, 0.25) is 0 Å². The van der Waals surface area contributed by atoms with Gasteiger partial charge in [0, 0.05) is 44.1 Å². The Balaban J connectivity index is 0.00000337. The molecule has 0 spiro atoms. The average Bonchev–Trinajstić information content (AvgIpc) is 2.99. The number of aromatic nitrogens is 2. The van der Waals surface area contributed by atoms with E-state index >= 15 is 0 Å². The molecule has 8 nitrogen and oxygen atoms in total. The predicted molar refractivity (Wildman–Crippen MR) is 161 cm³/mol. The summed E-state index contributed by atoms with van der Waals surface area (Å²) in [6.45, 7) is 10.9. The van der Waals surface area contributed by atoms with Crippen molar-refractivity contribution in [3.63, 3.8) is 0 Å². The molecule has 0 unspecified atom stereocenters. The summed E-state index contributed by atoms with van der Waals surface area (Å²) < 4.78 is 18.2. The number of fused-ring (bicyclic) bond motifs is 4. The molecule has 1 N–H and O–H groups in total. The van der Waals surface area contributed by atoms with Crippen LogP contribution >= 0.6 is 0 Å². The molecule has 1 aromatic heterocycles. The van der Waals surface area contributed by atoms with Crippen LogP contribution in [0.5, 0.6) is 11.5 Å². The van der Waals surface area contributed by atoms with Crippen molar-refractivity contribution in [3.05, 3.63) is 53.7 Å². The lowest BCUT2D eigenvalue weighted by molar-refractivity contribution is 0.0765. The fraction of sp³-hybridized carbons (Fsp3) is 0.500. The van der Waals surface area contributed by atoms with Crippen LogP contribution in [0.15, 0.2) is 42.6 Å². The van der Waals surface area contributed by atoms with Crippen molar-refractivity contribution in [2.45, 2.75) is 52.0 Å². The van der Waals surface area contributed by atoms with Gasteiger partial charge < -0.3 is 29.3 Å². The van der Waals surface area contributed by atoms with Crippen LogP contribution in [0.1, 0.15) is 45.7 Å². The van der Waals surface area contributed by atoms with Gasteiger partial charge in [-0.25, -0.2) is 9.97 Å². The molecular weight excluding hydrogens is 502 g/mol. The second-order valence-corrected chi connectivity index (χ2v) is 10.9. The summed E-state index contributed by atoms with van der Waals surface area (Å²) in [6.07, 6.45) is 7.42. The molecule has 3 aromatic rings. The Morgan fingerprint density at radius 3 is 2.62 bits per heavy atom. The van der Waals surface area contributed by atoms with E-state index in [9.17, 15) is 0 Å². The molecular formula is C32H43N5O3. The smallest absolute Gasteiger partial charge is 0.227 e. The van der Waals surface area contributed by atoms with E-state index in [-0.39, 0.29) is 1.43 Å². The summed E-state index contributed by atoms with van der Waals surface area (Å²) in [4.78, 5) is 14.7. The molecule has 1 saturated heterocycles. The number of rotatable bonds is 5. The molecule has 6 rings (SSSR count). The monoisotopic (exact) mass is 545 g/mol. The summed E-state index contributed by atoms with van der Waals surface area (Å²) in [5, 5.41) is 3.44. The molecule has 0 saturated carbocycles. The zero-order chi connectivity index (χ0) is 27.3. The van der Waals surface area contributed by atoms with E-state index in [1.165, 1.54) is 36.9 Å². The number of nitrogens with zero attached hydrogens (tertiary/aromatic N) is 4. The van der Waals surface area contributed by atoms with Crippen molar-refractivity contribution in [2.24, 2.45) is 0 Å². The Kier molecular flexibility index (Phi) is 8.35. The molecule has 1 fully saturated rings. The summed E-state index contributed by atoms with van der Waals surface area (Å²) in [7, 11) is 0. The van der Waals surface area contributed by atoms with Gasteiger partial charge in [0.05, 0.1) is 24.6 Å². The van der Waals surface area contributed by atoms with Crippen LogP contribution in [0.4, 0.5) is 17.3 Å². The molecule has 2 aliphatic heterocycles. The second-order valence-electron chi connectivity index (χ2n) is 10.9. The van der Waals surface area contributed by atoms with Crippen molar-refractivity contribution >= 4 is 17.3 Å². The molecule has 1 aliphatic carbocycles. The lowest BCUT2D eigenvalue weighted by Crippen LogP contribution is -2.45. The van der Waals surface area contributed by atoms with Gasteiger partial charge in [0.2, 0.25) is 5.95 Å². The Hall–Kier alpha value is -3.36. The maximum atomic E-state index is 6.33. The minimum atomic E-state index is 0. The van der Waals surface area contributed by atoms with E-state index in [0.717, 1.165) is 66.6 Å². The summed E-state index contributed by atoms with van der Waals surface area (Å²) in [6, 6.07) is 13.3. The largest absolute Gasteiger partial charge is 0.491 e. The molecule has 0 radical (unpaired) electrons. The number of piperidine rings is 1. The van der Waals surface area contributed by atoms with Gasteiger partial charge in [-0.05, 0) is 80.6 Å². The third-order valence-electron chi connectivity index (χ3n) is 8.30. The van der Waals surface area contributed by atoms with Crippen molar-refractivity contribution in [2.75, 3.05) is 62.8 Å². The van der Waals surface area contributed by atoms with Crippen LogP contribution in [0, 0.1) is 0 Å². The number of anilines is 3. The number of hydrogen-bond donors (Lipinski definition) is 1. The summed E-state index contributed by atoms with van der Waals surface area (Å²) in [5.74, 6) is 2.28. The van der Waals surface area contributed by atoms with Gasteiger partial charge in [0.25, 0.3) is 0 Å². The highest BCUT2D eigenvalue weighted by Crippen LogP contribution is 2.37. The van der Waals surface area contributed by atoms with Crippen molar-refractivity contribution in [1.82, 2.24) is 14.9 Å². The standard InChI is InChI=1S/C32H41N5O3.H2/c1-3-13-36(4-2)26-11-14-37(15-12-26)29-10-8-25-20-30(29)40-19-17-38-16-18-39-27-9-7-23-5-6-24-22-33-32(34-25)35-31(24)28(23)21-27;/h7-10,20-22,26H,3-6,11-19H2,1-2H3,(H,33,34,35);1H. The van der Waals surface area contributed by atoms with Gasteiger partial charge in [-0.3, -0.25) is 0 Å². The van der Waals surface area contributed by atoms with Gasteiger partial charge in [-0.2, -0.15) is 0 Å². The highest BCUT2D eigenvalue weighted by Gasteiger charge is 2.25. The average molecular weight is 546 g/mol. The van der Waals surface area contributed by atoms with Crippen LogP contribution in [-0.2, 0) is 17.6 Å². The van der Waals surface area contributed by atoms with E-state index in [1.807, 2.05) is 12.3 Å². The highest BCUT2D eigenvalue weighted by atomic mass is 16.5. The molecule has 2 aromatic carbocycles. The predicted octanol–water partition coefficient (Wildman–Crippen LogP) is 5.72. The number of ether oxygens (including phenoxy) is 3. The molecule has 3 heterocycles. The van der Waals surface area contributed by atoms with Gasteiger partial charge >= 0.3 is 0 Å². The van der Waals surface area contributed by atoms with Crippen LogP contribution in [0.25, 0.3) is 11.3 Å². The molecule has 3 aliphatic rings. The summed E-state index contributed by atoms with van der Waals surface area (Å²) in [5.41, 5.74) is 6.60. The second kappa shape index (κ2) is 12.4. The minimum Gasteiger partial charge on any atom is -0.491 e. The van der Waals surface area contributed by atoms with Crippen LogP contribution in [-0.4, -0.2) is 73.5 Å². The minimum absolute atomic E-state index is 0. The quantitative estimate of drug-likeness (QED) is 0.437. The first-order chi connectivity index (χ1) is 19.7. The Labute approximate surface area is 239 Å². The zero-order valence-corrected chi connectivity index (χ0v) is 23.8. The fourth-order valence-electron chi connectivity index (χ4n) is 6.22. The number of aryl methyl sites for hydroxylation is 2. The molecule has 0 atom stereocenters. The molecule has 8 heteroatoms. The maximum Gasteiger partial charge on any atom is 0.227 e. The lowest BCUT2D eigenvalue weighted by atomic mass is 9.90. The van der Waals surface area contributed by atoms with Crippen molar-refractivity contribution in [3.8, 4) is 22.8 Å². The Morgan fingerprint density at radius 2 is 1.80 bits per heavy atom. The van der Waals surface area contributed by atoms with Crippen LogP contribution in [0.3, 0.4) is 0 Å². The van der Waals surface area contributed by atoms with Gasteiger partial charge in [-0.1, -0.05) is 19.9 Å². The van der Waals surface area contributed by atoms with E-state index in [0.29, 0.717) is 38.4 Å². The van der Waals surface area contributed by atoms with E-state index in [1.54, 1.807) is 0 Å². The van der Waals surface area contributed by atoms with E-state index in [4.69, 9.17) is 19.2 Å². The van der Waals surface area contributed by atoms with Gasteiger partial charge in [-0.15, -0.1) is 0 Å². The molecule has 0 amide bonds. The zero-order valence-electron chi connectivity index (χ0n) is 23.8. The van der Waals surface area contributed by atoms with E-state index in [2.05, 4.69) is 64.3 Å². The topological polar surface area (TPSA) is 72.0 Å². The van der Waals surface area contributed by atoms with Crippen molar-refractivity contribution in [1.29, 1.82) is 0 Å². The summed E-state index contributed by atoms with van der Waals surface area (Å²) >= 11 is 0. The molecule has 214 valence electrons. The molecule has 6 bridgehead atoms. The Bertz CT molecular complexity index is 1310. The first kappa shape index (κ1) is 26.8. The third-order valence-corrected chi connectivity index (χ3v) is 8.30. The Morgan fingerprint density at radius 1 is 0.975 bits per heavy atom. The maximum absolute atomic E-state index is 6.33. The highest BCUT2D eigenvalue weighted by molar-refractivity contribution is 5.73. The first-order valence-corrected chi connectivity index (χ1v) is 14.9. The normalized spacial score (nSPS) is 17.6. The van der Waals surface area contributed by atoms with Crippen LogP contribution < -0.4 is 19.7 Å². The number of nitrogens with one attached hydrogen (secondary N) is 1. The van der Waals surface area contributed by atoms with Gasteiger partial charge in [0.1, 0.15) is 24.7 Å². The van der Waals surface area contributed by atoms with Crippen molar-refractivity contribution < 1.29 is 15.6 Å². The SMILES string of the molecule is CCCN(CC)C1CCN(c2ccc3cc2OCCOCCOc2ccc4c(c2)-c2nc(ncc2CC4)N3)CC1.[HH]. The number of hydrogen-bond acceptors (Lipinski definition) is 8.